The zero-order valence-corrected chi connectivity index (χ0v) is 32.8. The largest absolute Gasteiger partial charge is 0.416 e. The molecule has 8 aromatic carbocycles. The molecule has 12 rings (SSSR count). The van der Waals surface area contributed by atoms with Crippen molar-refractivity contribution in [2.45, 2.75) is 6.18 Å². The van der Waals surface area contributed by atoms with Gasteiger partial charge >= 0.3 is 6.18 Å². The first-order chi connectivity index (χ1) is 29.3. The van der Waals surface area contributed by atoms with Crippen LogP contribution >= 0.6 is 22.7 Å². The topological polar surface area (TPSA) is 57.4 Å². The molecule has 282 valence electrons. The highest BCUT2D eigenvalue weighted by Gasteiger charge is 2.32. The van der Waals surface area contributed by atoms with E-state index >= 15 is 0 Å². The molecule has 0 bridgehead atoms. The Morgan fingerprint density at radius 1 is 0.467 bits per heavy atom. The maximum atomic E-state index is 14.1. The molecule has 0 aliphatic carbocycles. The summed E-state index contributed by atoms with van der Waals surface area (Å²) in [5.41, 5.74) is 4.89. The van der Waals surface area contributed by atoms with Gasteiger partial charge in [0.25, 0.3) is 0 Å². The zero-order chi connectivity index (χ0) is 40.4. The van der Waals surface area contributed by atoms with Crippen molar-refractivity contribution in [1.82, 2.24) is 9.13 Å². The van der Waals surface area contributed by atoms with Crippen LogP contribution in [0.4, 0.5) is 13.2 Å². The van der Waals surface area contributed by atoms with E-state index in [1.54, 1.807) is 22.7 Å². The van der Waals surface area contributed by atoms with Gasteiger partial charge in [0.15, 0.2) is 0 Å². The summed E-state index contributed by atoms with van der Waals surface area (Å²) in [6.45, 7) is 0. The quantitative estimate of drug-likeness (QED) is 0.178. The van der Waals surface area contributed by atoms with Gasteiger partial charge in [0, 0.05) is 61.9 Å². The third kappa shape index (κ3) is 4.76. The van der Waals surface area contributed by atoms with Crippen molar-refractivity contribution in [1.29, 1.82) is 10.5 Å². The molecule has 12 aromatic rings. The number of alkyl halides is 3. The minimum Gasteiger partial charge on any atom is -0.307 e. The lowest BCUT2D eigenvalue weighted by molar-refractivity contribution is -0.137. The molecule has 0 unspecified atom stereocenters. The molecule has 0 atom stereocenters. The Hall–Kier alpha value is -7.43. The molecule has 0 aliphatic heterocycles. The SMILES string of the molecule is N#Cc1cc(C(F)(F)F)ccc1-c1cc(-n2c3ccccc3c3ccc4sc5ccccc5c4c32)c(C#N)c(-n2c3ccccc3c3ccc4sc5ccccc5c4c32)c1. The van der Waals surface area contributed by atoms with Crippen LogP contribution in [-0.4, -0.2) is 9.13 Å². The highest BCUT2D eigenvalue weighted by molar-refractivity contribution is 7.26. The molecule has 4 aromatic heterocycles. The van der Waals surface area contributed by atoms with E-state index in [2.05, 4.69) is 81.9 Å². The first-order valence-electron chi connectivity index (χ1n) is 19.2. The normalized spacial score (nSPS) is 12.2. The molecule has 60 heavy (non-hydrogen) atoms. The van der Waals surface area contributed by atoms with Gasteiger partial charge in [-0.05, 0) is 71.8 Å². The lowest BCUT2D eigenvalue weighted by atomic mass is 9.95. The maximum absolute atomic E-state index is 14.1. The Labute approximate surface area is 347 Å². The average Bonchev–Trinajstić information content (AvgIpc) is 4.02. The Morgan fingerprint density at radius 3 is 1.43 bits per heavy atom. The summed E-state index contributed by atoms with van der Waals surface area (Å²) < 4.78 is 51.1. The number of nitrogens with zero attached hydrogens (tertiary/aromatic N) is 4. The minimum absolute atomic E-state index is 0.117. The highest BCUT2D eigenvalue weighted by atomic mass is 32.1. The van der Waals surface area contributed by atoms with Gasteiger partial charge in [-0.3, -0.25) is 0 Å². The van der Waals surface area contributed by atoms with Crippen molar-refractivity contribution < 1.29 is 13.2 Å². The van der Waals surface area contributed by atoms with Gasteiger partial charge in [-0.1, -0.05) is 91.0 Å². The molecule has 0 radical (unpaired) electrons. The molecule has 0 fully saturated rings. The number of aromatic nitrogens is 2. The molecular weight excluding hydrogens is 790 g/mol. The van der Waals surface area contributed by atoms with Gasteiger partial charge in [0.05, 0.1) is 50.6 Å². The van der Waals surface area contributed by atoms with Gasteiger partial charge in [-0.15, -0.1) is 22.7 Å². The lowest BCUT2D eigenvalue weighted by Crippen LogP contribution is -2.07. The molecule has 0 aliphatic rings. The third-order valence-electron chi connectivity index (χ3n) is 11.8. The molecule has 0 N–H and O–H groups in total. The second-order valence-electron chi connectivity index (χ2n) is 14.9. The van der Waals surface area contributed by atoms with Crippen molar-refractivity contribution >= 4 is 107 Å². The number of thiophene rings is 2. The van der Waals surface area contributed by atoms with Crippen LogP contribution < -0.4 is 0 Å². The first kappa shape index (κ1) is 34.6. The summed E-state index contributed by atoms with van der Waals surface area (Å²) in [4.78, 5) is 0. The van der Waals surface area contributed by atoms with Gasteiger partial charge in [-0.2, -0.15) is 23.7 Å². The summed E-state index contributed by atoms with van der Waals surface area (Å²) in [7, 11) is 0. The summed E-state index contributed by atoms with van der Waals surface area (Å²) in [6.07, 6.45) is -4.64. The van der Waals surface area contributed by atoms with E-state index in [4.69, 9.17) is 0 Å². The first-order valence-corrected chi connectivity index (χ1v) is 20.8. The lowest BCUT2D eigenvalue weighted by Gasteiger charge is -2.19. The van der Waals surface area contributed by atoms with Crippen LogP contribution in [0.5, 0.6) is 0 Å². The van der Waals surface area contributed by atoms with Crippen molar-refractivity contribution in [3.63, 3.8) is 0 Å². The number of para-hydroxylation sites is 2. The van der Waals surface area contributed by atoms with Crippen molar-refractivity contribution in [3.8, 4) is 34.6 Å². The summed E-state index contributed by atoms with van der Waals surface area (Å²) in [5, 5.41) is 30.4. The number of rotatable bonds is 3. The van der Waals surface area contributed by atoms with Crippen LogP contribution in [0.3, 0.4) is 0 Å². The monoisotopic (exact) mass is 814 g/mol. The predicted octanol–water partition coefficient (Wildman–Crippen LogP) is 15.0. The molecule has 0 spiro atoms. The van der Waals surface area contributed by atoms with E-state index in [0.717, 1.165) is 96.1 Å². The molecule has 9 heteroatoms. The van der Waals surface area contributed by atoms with Gasteiger partial charge in [-0.25, -0.2) is 0 Å². The van der Waals surface area contributed by atoms with Crippen LogP contribution in [-0.2, 0) is 6.18 Å². The Morgan fingerprint density at radius 2 is 0.950 bits per heavy atom. The van der Waals surface area contributed by atoms with Crippen LogP contribution in [0, 0.1) is 22.7 Å². The van der Waals surface area contributed by atoms with Crippen LogP contribution in [0.1, 0.15) is 16.7 Å². The summed E-state index contributed by atoms with van der Waals surface area (Å²) >= 11 is 3.41. The fourth-order valence-electron chi connectivity index (χ4n) is 9.33. The summed E-state index contributed by atoms with van der Waals surface area (Å²) in [5.74, 6) is 0. The molecule has 0 saturated heterocycles. The second kappa shape index (κ2) is 12.5. The van der Waals surface area contributed by atoms with Gasteiger partial charge < -0.3 is 9.13 Å². The molecule has 4 heterocycles. The smallest absolute Gasteiger partial charge is 0.307 e. The van der Waals surface area contributed by atoms with Crippen LogP contribution in [0.25, 0.3) is 106 Å². The zero-order valence-electron chi connectivity index (χ0n) is 31.2. The number of nitriles is 2. The van der Waals surface area contributed by atoms with E-state index in [-0.39, 0.29) is 5.56 Å². The number of halogens is 3. The molecule has 0 saturated carbocycles. The average molecular weight is 815 g/mol. The van der Waals surface area contributed by atoms with Crippen molar-refractivity contribution in [2.24, 2.45) is 0 Å². The number of hydrogen-bond acceptors (Lipinski definition) is 4. The van der Waals surface area contributed by atoms with Crippen molar-refractivity contribution in [3.05, 3.63) is 168 Å². The fourth-order valence-corrected chi connectivity index (χ4v) is 11.5. The fraction of sp³-hybridized carbons (Fsp3) is 0.0196. The van der Waals surface area contributed by atoms with E-state index in [0.29, 0.717) is 28.1 Å². The maximum Gasteiger partial charge on any atom is 0.416 e. The highest BCUT2D eigenvalue weighted by Crippen LogP contribution is 2.47. The number of benzene rings is 8. The summed E-state index contributed by atoms with van der Waals surface area (Å²) in [6, 6.07) is 53.2. The molecule has 4 nitrogen and oxygen atoms in total. The van der Waals surface area contributed by atoms with Gasteiger partial charge in [0.2, 0.25) is 0 Å². The Kier molecular flexibility index (Phi) is 7.23. The third-order valence-corrected chi connectivity index (χ3v) is 14.1. The van der Waals surface area contributed by atoms with E-state index in [1.807, 2.05) is 72.8 Å². The number of hydrogen-bond donors (Lipinski definition) is 0. The predicted molar refractivity (Wildman–Crippen MR) is 241 cm³/mol. The van der Waals surface area contributed by atoms with Crippen LogP contribution in [0.2, 0.25) is 0 Å². The molecule has 0 amide bonds. The molecular formula is C51H25F3N4S2. The Balaban J connectivity index is 1.31. The van der Waals surface area contributed by atoms with Crippen LogP contribution in [0.15, 0.2) is 152 Å². The van der Waals surface area contributed by atoms with Crippen molar-refractivity contribution in [2.75, 3.05) is 0 Å². The van der Waals surface area contributed by atoms with Gasteiger partial charge in [0.1, 0.15) is 11.6 Å². The van der Waals surface area contributed by atoms with E-state index in [1.165, 1.54) is 6.07 Å². The second-order valence-corrected chi connectivity index (χ2v) is 17.1. The number of fused-ring (bicyclic) bond motifs is 14. The Bertz CT molecular complexity index is 3710. The van der Waals surface area contributed by atoms with E-state index in [9.17, 15) is 23.7 Å². The van der Waals surface area contributed by atoms with E-state index < -0.39 is 11.7 Å². The standard InChI is InChI=1S/C51H25F3N4S2/c52-51(53,54)30-17-18-31(29(23-30)26-55)28-24-41(57-39-13-5-1-9-32(39)34-19-21-45-47(49(34)57)36-11-3-7-15-43(36)59-45)38(27-56)42(25-28)58-40-14-6-2-10-33(40)35-20-22-46-48(50(35)58)37-12-4-8-16-44(37)60-46/h1-25H. The minimum atomic E-state index is -4.64.